The lowest BCUT2D eigenvalue weighted by molar-refractivity contribution is -0.149. The quantitative estimate of drug-likeness (QED) is 0.281. The van der Waals surface area contributed by atoms with Gasteiger partial charge in [-0.3, -0.25) is 14.9 Å². The van der Waals surface area contributed by atoms with Gasteiger partial charge < -0.3 is 20.8 Å². The summed E-state index contributed by atoms with van der Waals surface area (Å²) in [5.41, 5.74) is 6.65. The largest absolute Gasteiger partial charge is 0.480 e. The van der Waals surface area contributed by atoms with Crippen LogP contribution in [0.1, 0.15) is 37.7 Å². The van der Waals surface area contributed by atoms with Crippen molar-refractivity contribution in [3.05, 3.63) is 35.9 Å². The molecule has 0 unspecified atom stereocenters. The number of amides is 1. The number of carboxylic acid groups (broad SMARTS) is 2. The minimum Gasteiger partial charge on any atom is -0.480 e. The SMILES string of the molecule is Cl.Cl.NCCCC[C@H](N[C@@H](CCc1ccccc1)C(=O)O)C(=O)N1CC2(C[C@H]1C(=O)O)SCCS2. The smallest absolute Gasteiger partial charge is 0.326 e. The summed E-state index contributed by atoms with van der Waals surface area (Å²) >= 11 is 3.45. The third-order valence-corrected chi connectivity index (χ3v) is 9.61. The van der Waals surface area contributed by atoms with Crippen LogP contribution in [0.4, 0.5) is 0 Å². The number of aryl methyl sites for hydroxylation is 1. The molecule has 1 spiro atoms. The van der Waals surface area contributed by atoms with Gasteiger partial charge in [-0.25, -0.2) is 4.79 Å². The minimum absolute atomic E-state index is 0. The van der Waals surface area contributed by atoms with Crippen LogP contribution in [-0.4, -0.2) is 79.8 Å². The molecule has 0 aliphatic carbocycles. The van der Waals surface area contributed by atoms with Gasteiger partial charge in [-0.2, -0.15) is 0 Å². The number of nitrogens with zero attached hydrogens (tertiary/aromatic N) is 1. The highest BCUT2D eigenvalue weighted by Crippen LogP contribution is 2.51. The van der Waals surface area contributed by atoms with Gasteiger partial charge in [0.2, 0.25) is 5.91 Å². The van der Waals surface area contributed by atoms with Crippen LogP contribution in [-0.2, 0) is 20.8 Å². The number of likely N-dealkylation sites (tertiary alicyclic amines) is 1. The Morgan fingerprint density at radius 2 is 1.71 bits per heavy atom. The lowest BCUT2D eigenvalue weighted by atomic mass is 10.0. The number of carbonyl (C=O) groups is 3. The van der Waals surface area contributed by atoms with Crippen LogP contribution in [0.25, 0.3) is 0 Å². The van der Waals surface area contributed by atoms with Crippen LogP contribution in [0.3, 0.4) is 0 Å². The van der Waals surface area contributed by atoms with Crippen LogP contribution in [0.15, 0.2) is 30.3 Å². The molecule has 2 aliphatic heterocycles. The fourth-order valence-corrected chi connectivity index (χ4v) is 7.70. The lowest BCUT2D eigenvalue weighted by Gasteiger charge is -2.30. The summed E-state index contributed by atoms with van der Waals surface area (Å²) in [5, 5.41) is 22.7. The van der Waals surface area contributed by atoms with Gasteiger partial charge in [0.1, 0.15) is 12.1 Å². The van der Waals surface area contributed by atoms with E-state index in [-0.39, 0.29) is 34.8 Å². The van der Waals surface area contributed by atoms with E-state index in [9.17, 15) is 24.6 Å². The van der Waals surface area contributed by atoms with E-state index in [2.05, 4.69) is 5.32 Å². The standard InChI is InChI=1S/C23H33N3O5S2.2ClH/c24-11-5-4-8-17(25-18(21(28)29)10-9-16-6-2-1-3-7-16)20(27)26-15-23(32-12-13-33-23)14-19(26)22(30)31;;/h1-3,6-7,17-19,25H,4-5,8-15,24H2,(H,28,29)(H,30,31);2*1H/t17-,18-,19-;;/m0../s1. The van der Waals surface area contributed by atoms with E-state index in [1.165, 1.54) is 4.90 Å². The van der Waals surface area contributed by atoms with Gasteiger partial charge in [0, 0.05) is 24.5 Å². The van der Waals surface area contributed by atoms with Gasteiger partial charge in [0.25, 0.3) is 0 Å². The molecular formula is C23H35Cl2N3O5S2. The number of rotatable bonds is 12. The third-order valence-electron chi connectivity index (χ3n) is 6.18. The van der Waals surface area contributed by atoms with Gasteiger partial charge in [-0.1, -0.05) is 36.8 Å². The molecule has 2 heterocycles. The van der Waals surface area contributed by atoms with Crippen LogP contribution in [0.2, 0.25) is 0 Å². The van der Waals surface area contributed by atoms with E-state index in [1.54, 1.807) is 23.5 Å². The number of thioether (sulfide) groups is 2. The van der Waals surface area contributed by atoms with Crippen molar-refractivity contribution in [1.82, 2.24) is 10.2 Å². The monoisotopic (exact) mass is 567 g/mol. The number of hydrogen-bond acceptors (Lipinski definition) is 7. The fourth-order valence-electron chi connectivity index (χ4n) is 4.45. The van der Waals surface area contributed by atoms with Crippen LogP contribution >= 0.6 is 48.3 Å². The van der Waals surface area contributed by atoms with Crippen molar-refractivity contribution in [3.8, 4) is 0 Å². The molecule has 5 N–H and O–H groups in total. The highest BCUT2D eigenvalue weighted by Gasteiger charge is 2.52. The summed E-state index contributed by atoms with van der Waals surface area (Å²) in [5.74, 6) is -0.462. The first-order valence-electron chi connectivity index (χ1n) is 11.4. The molecule has 8 nitrogen and oxygen atoms in total. The Labute approximate surface area is 227 Å². The molecule has 0 saturated carbocycles. The van der Waals surface area contributed by atoms with Crippen LogP contribution in [0.5, 0.6) is 0 Å². The normalized spacial score (nSPS) is 20.0. The number of halogens is 2. The predicted molar refractivity (Wildman–Crippen MR) is 146 cm³/mol. The lowest BCUT2D eigenvalue weighted by Crippen LogP contribution is -2.54. The predicted octanol–water partition coefficient (Wildman–Crippen LogP) is 2.87. The molecule has 2 fully saturated rings. The van der Waals surface area contributed by atoms with E-state index in [0.717, 1.165) is 17.1 Å². The highest BCUT2D eigenvalue weighted by atomic mass is 35.5. The minimum atomic E-state index is -1.02. The average molecular weight is 569 g/mol. The van der Waals surface area contributed by atoms with E-state index in [0.29, 0.717) is 51.6 Å². The van der Waals surface area contributed by atoms with Crippen molar-refractivity contribution in [2.45, 2.75) is 60.7 Å². The molecule has 2 aliphatic rings. The second-order valence-electron chi connectivity index (χ2n) is 8.55. The Morgan fingerprint density at radius 3 is 2.29 bits per heavy atom. The van der Waals surface area contributed by atoms with E-state index in [4.69, 9.17) is 5.73 Å². The zero-order valence-electron chi connectivity index (χ0n) is 19.5. The summed E-state index contributed by atoms with van der Waals surface area (Å²) < 4.78 is -0.278. The first kappa shape index (κ1) is 31.9. The molecule has 0 radical (unpaired) electrons. The topological polar surface area (TPSA) is 133 Å². The number of benzene rings is 1. The molecule has 3 rings (SSSR count). The molecule has 12 heteroatoms. The van der Waals surface area contributed by atoms with Crippen LogP contribution < -0.4 is 11.1 Å². The third kappa shape index (κ3) is 8.72. The molecule has 2 saturated heterocycles. The highest BCUT2D eigenvalue weighted by molar-refractivity contribution is 8.21. The summed E-state index contributed by atoms with van der Waals surface area (Å²) in [4.78, 5) is 39.0. The van der Waals surface area contributed by atoms with Crippen LogP contribution in [0, 0.1) is 0 Å². The number of hydrogen-bond donors (Lipinski definition) is 4. The van der Waals surface area contributed by atoms with Crippen molar-refractivity contribution in [3.63, 3.8) is 0 Å². The van der Waals surface area contributed by atoms with Crippen molar-refractivity contribution in [1.29, 1.82) is 0 Å². The summed E-state index contributed by atoms with van der Waals surface area (Å²) in [6.45, 7) is 0.851. The Kier molecular flexibility index (Phi) is 13.8. The first-order valence-corrected chi connectivity index (χ1v) is 13.4. The van der Waals surface area contributed by atoms with E-state index >= 15 is 0 Å². The number of aliphatic carboxylic acids is 2. The molecule has 0 bridgehead atoms. The van der Waals surface area contributed by atoms with Crippen molar-refractivity contribution in [2.24, 2.45) is 5.73 Å². The number of carboxylic acids is 2. The molecule has 0 aromatic heterocycles. The summed E-state index contributed by atoms with van der Waals surface area (Å²) in [6, 6.07) is 7.06. The van der Waals surface area contributed by atoms with Gasteiger partial charge in [0.05, 0.1) is 10.1 Å². The number of carbonyl (C=O) groups excluding carboxylic acids is 1. The van der Waals surface area contributed by atoms with E-state index in [1.807, 2.05) is 30.3 Å². The first-order chi connectivity index (χ1) is 15.8. The summed E-state index contributed by atoms with van der Waals surface area (Å²) in [6.07, 6.45) is 3.09. The second-order valence-corrected chi connectivity index (χ2v) is 11.8. The van der Waals surface area contributed by atoms with Gasteiger partial charge >= 0.3 is 11.9 Å². The van der Waals surface area contributed by atoms with Crippen molar-refractivity contribution >= 4 is 66.2 Å². The molecule has 1 aromatic rings. The maximum Gasteiger partial charge on any atom is 0.326 e. The average Bonchev–Trinajstić information content (AvgIpc) is 3.42. The Hall–Kier alpha value is -1.17. The van der Waals surface area contributed by atoms with E-state index < -0.39 is 30.1 Å². The maximum absolute atomic E-state index is 13.6. The Bertz CT molecular complexity index is 831. The van der Waals surface area contributed by atoms with Gasteiger partial charge in [0.15, 0.2) is 0 Å². The van der Waals surface area contributed by atoms with Gasteiger partial charge in [-0.15, -0.1) is 48.3 Å². The zero-order chi connectivity index (χ0) is 23.8. The molecule has 1 aromatic carbocycles. The number of nitrogens with two attached hydrogens (primary N) is 1. The fraction of sp³-hybridized carbons (Fsp3) is 0.609. The second kappa shape index (κ2) is 15.2. The molecule has 3 atom stereocenters. The summed E-state index contributed by atoms with van der Waals surface area (Å²) in [7, 11) is 0. The number of unbranched alkanes of at least 4 members (excludes halogenated alkanes) is 1. The maximum atomic E-state index is 13.6. The molecule has 198 valence electrons. The number of nitrogens with one attached hydrogen (secondary N) is 1. The Balaban J connectivity index is 0.00000306. The zero-order valence-corrected chi connectivity index (χ0v) is 22.7. The van der Waals surface area contributed by atoms with Gasteiger partial charge in [-0.05, 0) is 37.8 Å². The molecular weight excluding hydrogens is 533 g/mol. The van der Waals surface area contributed by atoms with Crippen molar-refractivity contribution < 1.29 is 24.6 Å². The van der Waals surface area contributed by atoms with Crippen molar-refractivity contribution in [2.75, 3.05) is 24.6 Å². The molecule has 35 heavy (non-hydrogen) atoms. The molecule has 1 amide bonds. The Morgan fingerprint density at radius 1 is 1.06 bits per heavy atom.